The van der Waals surface area contributed by atoms with Crippen LogP contribution in [-0.2, 0) is 16.4 Å². The van der Waals surface area contributed by atoms with Gasteiger partial charge in [0.2, 0.25) is 16.0 Å². The number of carbonyl (C=O) groups excluding carboxylic acids is 2. The third kappa shape index (κ3) is 4.81. The fourth-order valence-corrected chi connectivity index (χ4v) is 7.17. The number of hydrogen-bond acceptors (Lipinski definition) is 7. The summed E-state index contributed by atoms with van der Waals surface area (Å²) in [6, 6.07) is 10.5. The monoisotopic (exact) mass is 512 g/mol. The molecule has 5 rings (SSSR count). The van der Waals surface area contributed by atoms with E-state index >= 15 is 0 Å². The molecule has 4 heterocycles. The van der Waals surface area contributed by atoms with E-state index in [9.17, 15) is 18.0 Å². The number of aryl methyl sites for hydroxylation is 2. The first-order valence-electron chi connectivity index (χ1n) is 12.5. The molecule has 36 heavy (non-hydrogen) atoms. The second-order valence-electron chi connectivity index (χ2n) is 10.0. The molecule has 3 aliphatic heterocycles. The highest BCUT2D eigenvalue weighted by Gasteiger charge is 2.42. The number of anilines is 1. The maximum atomic E-state index is 13.5. The Balaban J connectivity index is 1.24. The molecule has 2 N–H and O–H groups in total. The van der Waals surface area contributed by atoms with Gasteiger partial charge in [-0.2, -0.15) is 0 Å². The van der Waals surface area contributed by atoms with Crippen LogP contribution in [0.2, 0.25) is 0 Å². The fourth-order valence-electron chi connectivity index (χ4n) is 5.72. The Morgan fingerprint density at radius 3 is 2.36 bits per heavy atom. The molecule has 3 saturated heterocycles. The molecule has 0 bridgehead atoms. The lowest BCUT2D eigenvalue weighted by molar-refractivity contribution is 0.0766. The maximum Gasteiger partial charge on any atom is 0.268 e. The van der Waals surface area contributed by atoms with Gasteiger partial charge in [-0.25, -0.2) is 22.7 Å². The van der Waals surface area contributed by atoms with Crippen LogP contribution in [0.4, 0.5) is 5.95 Å². The van der Waals surface area contributed by atoms with Crippen LogP contribution < -0.4 is 10.0 Å². The Morgan fingerprint density at radius 1 is 1.06 bits per heavy atom. The molecule has 0 radical (unpaired) electrons. The Hall–Kier alpha value is -3.05. The van der Waals surface area contributed by atoms with Gasteiger partial charge in [0, 0.05) is 32.7 Å². The standard InChI is InChI=1S/C25H32N6O4S/c1-17-21(22(23(26)32)28-25(27-17)31-11-6-12-36(31,34)35)24(33)30-15-19-13-29(14-20(19)16-30)10-5-9-18-7-3-2-4-8-18/h2-4,7-8,19-20H,5-6,9-16H2,1H3,(H2,26,32)/t19-,20?/m0/s1. The van der Waals surface area contributed by atoms with Gasteiger partial charge in [0.25, 0.3) is 11.8 Å². The smallest absolute Gasteiger partial charge is 0.268 e. The number of nitrogens with zero attached hydrogens (tertiary/aromatic N) is 5. The van der Waals surface area contributed by atoms with Crippen molar-refractivity contribution in [2.24, 2.45) is 17.6 Å². The first-order valence-corrected chi connectivity index (χ1v) is 14.1. The molecule has 1 aromatic carbocycles. The van der Waals surface area contributed by atoms with Crippen molar-refractivity contribution in [3.05, 3.63) is 52.8 Å². The summed E-state index contributed by atoms with van der Waals surface area (Å²) in [7, 11) is -3.53. The van der Waals surface area contributed by atoms with Crippen LogP contribution in [0, 0.1) is 18.8 Å². The summed E-state index contributed by atoms with van der Waals surface area (Å²) < 4.78 is 25.7. The molecule has 1 unspecified atom stereocenters. The number of carbonyl (C=O) groups is 2. The summed E-state index contributed by atoms with van der Waals surface area (Å²) in [5, 5.41) is 0. The average molecular weight is 513 g/mol. The number of likely N-dealkylation sites (tertiary alicyclic amines) is 2. The van der Waals surface area contributed by atoms with E-state index in [1.165, 1.54) is 5.56 Å². The van der Waals surface area contributed by atoms with Gasteiger partial charge in [0.15, 0.2) is 0 Å². The van der Waals surface area contributed by atoms with Crippen molar-refractivity contribution in [2.75, 3.05) is 49.3 Å². The number of amides is 2. The predicted octanol–water partition coefficient (Wildman–Crippen LogP) is 1.06. The summed E-state index contributed by atoms with van der Waals surface area (Å²) in [6.07, 6.45) is 2.61. The van der Waals surface area contributed by atoms with E-state index in [0.717, 1.165) is 36.8 Å². The van der Waals surface area contributed by atoms with Crippen LogP contribution in [0.3, 0.4) is 0 Å². The summed E-state index contributed by atoms with van der Waals surface area (Å²) in [6.45, 7) is 6.00. The van der Waals surface area contributed by atoms with E-state index < -0.39 is 15.9 Å². The van der Waals surface area contributed by atoms with E-state index in [1.807, 2.05) is 6.07 Å². The largest absolute Gasteiger partial charge is 0.364 e. The van der Waals surface area contributed by atoms with Crippen molar-refractivity contribution in [3.8, 4) is 0 Å². The Kier molecular flexibility index (Phi) is 6.69. The molecule has 2 atom stereocenters. The number of primary amides is 1. The van der Waals surface area contributed by atoms with Crippen LogP contribution in [-0.4, -0.2) is 85.0 Å². The van der Waals surface area contributed by atoms with Crippen molar-refractivity contribution in [1.29, 1.82) is 0 Å². The molecule has 2 amide bonds. The quantitative estimate of drug-likeness (QED) is 0.587. The SMILES string of the molecule is Cc1nc(N2CCCS2(=O)=O)nc(C(N)=O)c1C(=O)N1CC2CN(CCCc3ccccc3)C[C@H]2C1. The summed E-state index contributed by atoms with van der Waals surface area (Å²) >= 11 is 0. The molecule has 0 spiro atoms. The number of benzene rings is 1. The van der Waals surface area contributed by atoms with Crippen molar-refractivity contribution in [2.45, 2.75) is 26.2 Å². The normalized spacial score (nSPS) is 23.2. The molecular weight excluding hydrogens is 480 g/mol. The molecular formula is C25H32N6O4S. The van der Waals surface area contributed by atoms with Gasteiger partial charge in [-0.15, -0.1) is 0 Å². The van der Waals surface area contributed by atoms with Gasteiger partial charge in [0.1, 0.15) is 5.69 Å². The van der Waals surface area contributed by atoms with E-state index in [0.29, 0.717) is 31.3 Å². The average Bonchev–Trinajstić information content (AvgIpc) is 3.51. The lowest BCUT2D eigenvalue weighted by atomic mass is 10.0. The van der Waals surface area contributed by atoms with Crippen LogP contribution >= 0.6 is 0 Å². The molecule has 10 nitrogen and oxygen atoms in total. The summed E-state index contributed by atoms with van der Waals surface area (Å²) in [5.74, 6) is -0.509. The molecule has 192 valence electrons. The number of aromatic nitrogens is 2. The van der Waals surface area contributed by atoms with Crippen LogP contribution in [0.15, 0.2) is 30.3 Å². The number of hydrogen-bond donors (Lipinski definition) is 1. The molecule has 0 saturated carbocycles. The predicted molar refractivity (Wildman–Crippen MR) is 135 cm³/mol. The van der Waals surface area contributed by atoms with Gasteiger partial charge >= 0.3 is 0 Å². The van der Waals surface area contributed by atoms with Crippen molar-refractivity contribution >= 4 is 27.8 Å². The van der Waals surface area contributed by atoms with E-state index in [2.05, 4.69) is 39.1 Å². The topological polar surface area (TPSA) is 130 Å². The van der Waals surface area contributed by atoms with Crippen molar-refractivity contribution in [3.63, 3.8) is 0 Å². The third-order valence-corrected chi connectivity index (χ3v) is 9.30. The van der Waals surface area contributed by atoms with E-state index in [4.69, 9.17) is 5.73 Å². The number of fused-ring (bicyclic) bond motifs is 1. The first-order chi connectivity index (χ1) is 17.2. The van der Waals surface area contributed by atoms with E-state index in [-0.39, 0.29) is 41.1 Å². The van der Waals surface area contributed by atoms with Gasteiger partial charge < -0.3 is 15.5 Å². The zero-order chi connectivity index (χ0) is 25.4. The minimum atomic E-state index is -3.53. The molecule has 1 aromatic heterocycles. The summed E-state index contributed by atoms with van der Waals surface area (Å²) in [4.78, 5) is 38.4. The highest BCUT2D eigenvalue weighted by molar-refractivity contribution is 7.93. The van der Waals surface area contributed by atoms with Crippen LogP contribution in [0.1, 0.15) is 44.9 Å². The number of nitrogens with two attached hydrogens (primary N) is 1. The van der Waals surface area contributed by atoms with E-state index in [1.54, 1.807) is 11.8 Å². The fraction of sp³-hybridized carbons (Fsp3) is 0.520. The van der Waals surface area contributed by atoms with Gasteiger partial charge in [-0.3, -0.25) is 9.59 Å². The highest BCUT2D eigenvalue weighted by Crippen LogP contribution is 2.33. The zero-order valence-electron chi connectivity index (χ0n) is 20.5. The van der Waals surface area contributed by atoms with Gasteiger partial charge in [-0.1, -0.05) is 30.3 Å². The van der Waals surface area contributed by atoms with Crippen molar-refractivity contribution in [1.82, 2.24) is 19.8 Å². The Bertz CT molecular complexity index is 1250. The number of sulfonamides is 1. The molecule has 2 aromatic rings. The second kappa shape index (κ2) is 9.78. The maximum absolute atomic E-state index is 13.5. The molecule has 11 heteroatoms. The minimum absolute atomic E-state index is 0.00181. The Morgan fingerprint density at radius 2 is 1.75 bits per heavy atom. The second-order valence-corrected chi connectivity index (χ2v) is 12.0. The highest BCUT2D eigenvalue weighted by atomic mass is 32.2. The first kappa shape index (κ1) is 24.6. The number of rotatable bonds is 7. The van der Waals surface area contributed by atoms with Gasteiger partial charge in [-0.05, 0) is 50.1 Å². The molecule has 3 aliphatic rings. The lowest BCUT2D eigenvalue weighted by Crippen LogP contribution is -2.36. The van der Waals surface area contributed by atoms with Crippen LogP contribution in [0.5, 0.6) is 0 Å². The Labute approximate surface area is 211 Å². The molecule has 3 fully saturated rings. The third-order valence-electron chi connectivity index (χ3n) is 7.48. The zero-order valence-corrected chi connectivity index (χ0v) is 21.3. The van der Waals surface area contributed by atoms with Crippen molar-refractivity contribution < 1.29 is 18.0 Å². The lowest BCUT2D eigenvalue weighted by Gasteiger charge is -2.23. The minimum Gasteiger partial charge on any atom is -0.364 e. The van der Waals surface area contributed by atoms with Crippen LogP contribution in [0.25, 0.3) is 0 Å². The molecule has 0 aliphatic carbocycles. The van der Waals surface area contributed by atoms with Gasteiger partial charge in [0.05, 0.1) is 17.0 Å². The summed E-state index contributed by atoms with van der Waals surface area (Å²) in [5.41, 5.74) is 7.05.